The van der Waals surface area contributed by atoms with Gasteiger partial charge in [-0.2, -0.15) is 0 Å². The van der Waals surface area contributed by atoms with E-state index in [0.29, 0.717) is 5.75 Å². The first-order valence-electron chi connectivity index (χ1n) is 4.77. The van der Waals surface area contributed by atoms with Gasteiger partial charge in [-0.25, -0.2) is 0 Å². The predicted molar refractivity (Wildman–Crippen MR) is 54.8 cm³/mol. The van der Waals surface area contributed by atoms with Crippen LogP contribution in [0.25, 0.3) is 0 Å². The van der Waals surface area contributed by atoms with Crippen LogP contribution in [0.15, 0.2) is 0 Å². The van der Waals surface area contributed by atoms with Crippen LogP contribution in [0.3, 0.4) is 0 Å². The molecule has 0 bridgehead atoms. The number of thioether (sulfide) groups is 1. The predicted octanol–water partition coefficient (Wildman–Crippen LogP) is 0.723. The molecule has 4 heteroatoms. The lowest BCUT2D eigenvalue weighted by molar-refractivity contribution is -0.129. The fraction of sp³-hybridized carbons (Fsp3) is 0.889. The van der Waals surface area contributed by atoms with Crippen LogP contribution < -0.4 is 0 Å². The normalized spacial score (nSPS) is 19.1. The number of nitrogens with zero attached hydrogens (tertiary/aromatic N) is 1. The molecule has 1 rings (SSSR count). The van der Waals surface area contributed by atoms with Crippen LogP contribution in [0, 0.1) is 0 Å². The van der Waals surface area contributed by atoms with Crippen molar-refractivity contribution >= 4 is 17.7 Å². The minimum Gasteiger partial charge on any atom is -0.396 e. The maximum absolute atomic E-state index is 11.7. The monoisotopic (exact) mass is 203 g/mol. The van der Waals surface area contributed by atoms with Crippen molar-refractivity contribution in [3.63, 3.8) is 0 Å². The Labute approximate surface area is 83.5 Å². The van der Waals surface area contributed by atoms with E-state index in [9.17, 15) is 4.79 Å². The van der Waals surface area contributed by atoms with E-state index in [1.165, 1.54) is 11.8 Å². The largest absolute Gasteiger partial charge is 0.396 e. The van der Waals surface area contributed by atoms with Gasteiger partial charge in [0.25, 0.3) is 0 Å². The molecular formula is C9H17NO2S. The zero-order chi connectivity index (χ0) is 9.68. The Morgan fingerprint density at radius 1 is 1.54 bits per heavy atom. The van der Waals surface area contributed by atoms with Gasteiger partial charge in [0.05, 0.1) is 11.9 Å². The molecule has 1 unspecified atom stereocenters. The van der Waals surface area contributed by atoms with Crippen LogP contribution in [0.4, 0.5) is 0 Å². The summed E-state index contributed by atoms with van der Waals surface area (Å²) in [6, 6.07) is 0. The molecule has 0 saturated carbocycles. The molecule has 1 aliphatic heterocycles. The standard InChI is InChI=1S/C9H17NO2S/c1-8(13-7-6-11)9(12)10-4-2-3-5-10/h8,11H,2-7H2,1H3. The van der Waals surface area contributed by atoms with E-state index in [-0.39, 0.29) is 17.8 Å². The SMILES string of the molecule is CC(SCCO)C(=O)N1CCCC1. The lowest BCUT2D eigenvalue weighted by atomic mass is 10.4. The Morgan fingerprint density at radius 2 is 2.15 bits per heavy atom. The summed E-state index contributed by atoms with van der Waals surface area (Å²) in [6.07, 6.45) is 2.28. The fourth-order valence-corrected chi connectivity index (χ4v) is 2.25. The Kier molecular flexibility index (Phi) is 4.59. The summed E-state index contributed by atoms with van der Waals surface area (Å²) in [6.45, 7) is 3.91. The zero-order valence-electron chi connectivity index (χ0n) is 8.03. The number of hydrogen-bond donors (Lipinski definition) is 1. The maximum Gasteiger partial charge on any atom is 0.235 e. The van der Waals surface area contributed by atoms with Crippen LogP contribution in [0.2, 0.25) is 0 Å². The Balaban J connectivity index is 2.28. The molecule has 0 aromatic heterocycles. The smallest absolute Gasteiger partial charge is 0.235 e. The molecule has 1 aliphatic rings. The third kappa shape index (κ3) is 3.19. The fourth-order valence-electron chi connectivity index (χ4n) is 1.50. The molecule has 0 radical (unpaired) electrons. The van der Waals surface area contributed by atoms with Crippen LogP contribution >= 0.6 is 11.8 Å². The summed E-state index contributed by atoms with van der Waals surface area (Å²) >= 11 is 1.53. The highest BCUT2D eigenvalue weighted by Crippen LogP contribution is 2.16. The Hall–Kier alpha value is -0.220. The summed E-state index contributed by atoms with van der Waals surface area (Å²) in [4.78, 5) is 13.6. The minimum atomic E-state index is 0.00486. The number of carbonyl (C=O) groups is 1. The Morgan fingerprint density at radius 3 is 2.69 bits per heavy atom. The number of hydrogen-bond acceptors (Lipinski definition) is 3. The van der Waals surface area contributed by atoms with Crippen molar-refractivity contribution < 1.29 is 9.90 Å². The van der Waals surface area contributed by atoms with Gasteiger partial charge in [-0.15, -0.1) is 11.8 Å². The summed E-state index contributed by atoms with van der Waals surface area (Å²) in [7, 11) is 0. The average molecular weight is 203 g/mol. The molecule has 3 nitrogen and oxygen atoms in total. The second-order valence-electron chi connectivity index (χ2n) is 3.27. The highest BCUT2D eigenvalue weighted by molar-refractivity contribution is 8.00. The summed E-state index contributed by atoms with van der Waals surface area (Å²) in [5.41, 5.74) is 0. The topological polar surface area (TPSA) is 40.5 Å². The molecule has 13 heavy (non-hydrogen) atoms. The molecule has 76 valence electrons. The van der Waals surface area contributed by atoms with Crippen LogP contribution in [0.1, 0.15) is 19.8 Å². The third-order valence-corrected chi connectivity index (χ3v) is 3.34. The quantitative estimate of drug-likeness (QED) is 0.732. The molecule has 1 N–H and O–H groups in total. The number of aliphatic hydroxyl groups excluding tert-OH is 1. The van der Waals surface area contributed by atoms with Gasteiger partial charge in [-0.05, 0) is 19.8 Å². The van der Waals surface area contributed by atoms with Crippen molar-refractivity contribution in [3.8, 4) is 0 Å². The minimum absolute atomic E-state index is 0.00486. The van der Waals surface area contributed by atoms with Crippen molar-refractivity contribution in [1.82, 2.24) is 4.90 Å². The molecule has 1 fully saturated rings. The van der Waals surface area contributed by atoms with Gasteiger partial charge in [-0.3, -0.25) is 4.79 Å². The first-order valence-corrected chi connectivity index (χ1v) is 5.82. The zero-order valence-corrected chi connectivity index (χ0v) is 8.85. The second-order valence-corrected chi connectivity index (χ2v) is 4.72. The Bertz CT molecular complexity index is 169. The van der Waals surface area contributed by atoms with Gasteiger partial charge in [0.2, 0.25) is 5.91 Å². The molecule has 0 aliphatic carbocycles. The summed E-state index contributed by atoms with van der Waals surface area (Å²) in [5, 5.41) is 8.62. The lowest BCUT2D eigenvalue weighted by Crippen LogP contribution is -2.34. The van der Waals surface area contributed by atoms with Gasteiger partial charge in [0.1, 0.15) is 0 Å². The molecule has 0 spiro atoms. The average Bonchev–Trinajstić information content (AvgIpc) is 2.65. The summed E-state index contributed by atoms with van der Waals surface area (Å²) in [5.74, 6) is 0.886. The first-order chi connectivity index (χ1) is 6.25. The maximum atomic E-state index is 11.7. The van der Waals surface area contributed by atoms with Crippen LogP contribution in [-0.4, -0.2) is 46.6 Å². The molecule has 0 aromatic carbocycles. The number of likely N-dealkylation sites (tertiary alicyclic amines) is 1. The van der Waals surface area contributed by atoms with Gasteiger partial charge >= 0.3 is 0 Å². The third-order valence-electron chi connectivity index (χ3n) is 2.22. The van der Waals surface area contributed by atoms with Crippen LogP contribution in [-0.2, 0) is 4.79 Å². The van der Waals surface area contributed by atoms with Gasteiger partial charge < -0.3 is 10.0 Å². The van der Waals surface area contributed by atoms with Gasteiger partial charge in [0.15, 0.2) is 0 Å². The number of aliphatic hydroxyl groups is 1. The van der Waals surface area contributed by atoms with E-state index in [1.54, 1.807) is 0 Å². The van der Waals surface area contributed by atoms with E-state index in [2.05, 4.69) is 0 Å². The lowest BCUT2D eigenvalue weighted by Gasteiger charge is -2.19. The van der Waals surface area contributed by atoms with E-state index in [1.807, 2.05) is 11.8 Å². The first kappa shape index (κ1) is 10.9. The molecular weight excluding hydrogens is 186 g/mol. The van der Waals surface area contributed by atoms with Crippen LogP contribution in [0.5, 0.6) is 0 Å². The molecule has 1 atom stereocenters. The van der Waals surface area contributed by atoms with Crippen molar-refractivity contribution in [2.24, 2.45) is 0 Å². The molecule has 1 heterocycles. The molecule has 1 saturated heterocycles. The van der Waals surface area contributed by atoms with E-state index >= 15 is 0 Å². The van der Waals surface area contributed by atoms with Crippen molar-refractivity contribution in [2.75, 3.05) is 25.4 Å². The van der Waals surface area contributed by atoms with E-state index < -0.39 is 0 Å². The second kappa shape index (κ2) is 5.50. The van der Waals surface area contributed by atoms with E-state index in [4.69, 9.17) is 5.11 Å². The number of carbonyl (C=O) groups excluding carboxylic acids is 1. The van der Waals surface area contributed by atoms with E-state index in [0.717, 1.165) is 25.9 Å². The molecule has 1 amide bonds. The van der Waals surface area contributed by atoms with Gasteiger partial charge in [0, 0.05) is 18.8 Å². The number of amides is 1. The highest BCUT2D eigenvalue weighted by Gasteiger charge is 2.22. The van der Waals surface area contributed by atoms with Crippen molar-refractivity contribution in [1.29, 1.82) is 0 Å². The molecule has 0 aromatic rings. The van der Waals surface area contributed by atoms with Crippen molar-refractivity contribution in [3.05, 3.63) is 0 Å². The van der Waals surface area contributed by atoms with Gasteiger partial charge in [-0.1, -0.05) is 0 Å². The highest BCUT2D eigenvalue weighted by atomic mass is 32.2. The number of rotatable bonds is 4. The summed E-state index contributed by atoms with van der Waals surface area (Å²) < 4.78 is 0. The van der Waals surface area contributed by atoms with Crippen molar-refractivity contribution in [2.45, 2.75) is 25.0 Å².